The van der Waals surface area contributed by atoms with Gasteiger partial charge in [0, 0.05) is 19.1 Å². The molecular weight excluding hydrogens is 142 g/mol. The van der Waals surface area contributed by atoms with E-state index in [1.807, 2.05) is 6.92 Å². The van der Waals surface area contributed by atoms with Crippen LogP contribution < -0.4 is 0 Å². The Morgan fingerprint density at radius 2 is 2.00 bits per heavy atom. The first-order valence-corrected chi connectivity index (χ1v) is 4.27. The molecule has 0 saturated carbocycles. The lowest BCUT2D eigenvalue weighted by Gasteiger charge is -2.33. The Kier molecular flexibility index (Phi) is 3.30. The highest BCUT2D eigenvalue weighted by molar-refractivity contribution is 4.74. The normalized spacial score (nSPS) is 25.4. The zero-order valence-electron chi connectivity index (χ0n) is 7.03. The van der Waals surface area contributed by atoms with Gasteiger partial charge in [-0.05, 0) is 19.8 Å². The van der Waals surface area contributed by atoms with Crippen LogP contribution in [0.4, 0.5) is 0 Å². The summed E-state index contributed by atoms with van der Waals surface area (Å²) in [7, 11) is 0. The summed E-state index contributed by atoms with van der Waals surface area (Å²) < 4.78 is 0. The topological polar surface area (TPSA) is 43.7 Å². The van der Waals surface area contributed by atoms with Gasteiger partial charge in [-0.25, -0.2) is 0 Å². The van der Waals surface area contributed by atoms with E-state index in [1.54, 1.807) is 0 Å². The van der Waals surface area contributed by atoms with Gasteiger partial charge in [-0.3, -0.25) is 4.90 Å². The lowest BCUT2D eigenvalue weighted by Crippen LogP contribution is -2.42. The summed E-state index contributed by atoms with van der Waals surface area (Å²) in [5.41, 5.74) is 0. The van der Waals surface area contributed by atoms with Crippen molar-refractivity contribution in [3.05, 3.63) is 0 Å². The molecule has 0 amide bonds. The van der Waals surface area contributed by atoms with E-state index in [1.165, 1.54) is 0 Å². The zero-order chi connectivity index (χ0) is 8.27. The van der Waals surface area contributed by atoms with Gasteiger partial charge in [-0.1, -0.05) is 0 Å². The van der Waals surface area contributed by atoms with Crippen LogP contribution in [-0.2, 0) is 0 Å². The number of hydrogen-bond acceptors (Lipinski definition) is 3. The lowest BCUT2D eigenvalue weighted by molar-refractivity contribution is 0.0479. The first kappa shape index (κ1) is 8.97. The lowest BCUT2D eigenvalue weighted by atomic mass is 10.1. The Labute approximate surface area is 67.6 Å². The van der Waals surface area contributed by atoms with Crippen molar-refractivity contribution in [2.45, 2.75) is 31.9 Å². The molecule has 1 unspecified atom stereocenters. The predicted molar refractivity (Wildman–Crippen MR) is 43.4 cm³/mol. The molecule has 1 fully saturated rings. The third kappa shape index (κ3) is 2.43. The van der Waals surface area contributed by atoms with E-state index in [0.29, 0.717) is 0 Å². The molecule has 11 heavy (non-hydrogen) atoms. The number of likely N-dealkylation sites (tertiary alicyclic amines) is 1. The summed E-state index contributed by atoms with van der Waals surface area (Å²) in [6.45, 7) is 4.07. The van der Waals surface area contributed by atoms with Crippen molar-refractivity contribution in [1.82, 2.24) is 4.90 Å². The Bertz CT molecular complexity index is 111. The molecule has 1 aliphatic heterocycles. The predicted octanol–water partition coefficient (Wildman–Crippen LogP) is -0.176. The summed E-state index contributed by atoms with van der Waals surface area (Å²) >= 11 is 0. The van der Waals surface area contributed by atoms with Crippen molar-refractivity contribution in [2.24, 2.45) is 0 Å². The van der Waals surface area contributed by atoms with Gasteiger partial charge >= 0.3 is 0 Å². The van der Waals surface area contributed by atoms with Crippen LogP contribution in [0.1, 0.15) is 19.8 Å². The Hall–Kier alpha value is -0.120. The van der Waals surface area contributed by atoms with Crippen LogP contribution in [0.15, 0.2) is 0 Å². The molecule has 0 aromatic carbocycles. The molecule has 66 valence electrons. The van der Waals surface area contributed by atoms with E-state index in [4.69, 9.17) is 5.11 Å². The minimum Gasteiger partial charge on any atom is -0.395 e. The second kappa shape index (κ2) is 4.04. The van der Waals surface area contributed by atoms with E-state index in [2.05, 4.69) is 4.90 Å². The van der Waals surface area contributed by atoms with Crippen molar-refractivity contribution in [3.63, 3.8) is 0 Å². The summed E-state index contributed by atoms with van der Waals surface area (Å²) in [6.07, 6.45) is 1.59. The van der Waals surface area contributed by atoms with Gasteiger partial charge < -0.3 is 10.2 Å². The number of aliphatic hydroxyl groups excluding tert-OH is 2. The molecule has 0 aliphatic carbocycles. The Balaban J connectivity index is 2.27. The summed E-state index contributed by atoms with van der Waals surface area (Å²) in [6, 6.07) is 0.252. The first-order chi connectivity index (χ1) is 5.24. The van der Waals surface area contributed by atoms with Crippen LogP contribution in [0.3, 0.4) is 0 Å². The van der Waals surface area contributed by atoms with E-state index in [0.717, 1.165) is 25.9 Å². The monoisotopic (exact) mass is 159 g/mol. The number of hydrogen-bond donors (Lipinski definition) is 2. The largest absolute Gasteiger partial charge is 0.395 e. The fourth-order valence-corrected chi connectivity index (χ4v) is 1.44. The molecule has 1 rings (SSSR count). The third-order valence-corrected chi connectivity index (χ3v) is 2.39. The maximum absolute atomic E-state index is 9.19. The third-order valence-electron chi connectivity index (χ3n) is 2.39. The molecule has 1 aliphatic rings. The Morgan fingerprint density at radius 3 is 2.45 bits per heavy atom. The molecule has 0 radical (unpaired) electrons. The smallest absolute Gasteiger partial charge is 0.0584 e. The molecule has 0 aromatic heterocycles. The van der Waals surface area contributed by atoms with Crippen molar-refractivity contribution >= 4 is 0 Å². The van der Waals surface area contributed by atoms with Crippen molar-refractivity contribution < 1.29 is 10.2 Å². The molecule has 0 bridgehead atoms. The quantitative estimate of drug-likeness (QED) is 0.587. The van der Waals surface area contributed by atoms with Crippen LogP contribution in [0.2, 0.25) is 0 Å². The minimum absolute atomic E-state index is 0.114. The van der Waals surface area contributed by atoms with Crippen molar-refractivity contribution in [3.8, 4) is 0 Å². The van der Waals surface area contributed by atoms with Gasteiger partial charge in [-0.2, -0.15) is 0 Å². The summed E-state index contributed by atoms with van der Waals surface area (Å²) in [4.78, 5) is 2.22. The summed E-state index contributed by atoms with van der Waals surface area (Å²) in [5, 5.41) is 18.0. The molecule has 0 spiro atoms. The van der Waals surface area contributed by atoms with E-state index in [-0.39, 0.29) is 18.8 Å². The number of nitrogens with zero attached hydrogens (tertiary/aromatic N) is 1. The van der Waals surface area contributed by atoms with Gasteiger partial charge in [0.1, 0.15) is 0 Å². The van der Waals surface area contributed by atoms with Gasteiger partial charge in [-0.15, -0.1) is 0 Å². The highest BCUT2D eigenvalue weighted by atomic mass is 16.3. The fourth-order valence-electron chi connectivity index (χ4n) is 1.44. The number of piperidine rings is 1. The molecule has 3 nitrogen and oxygen atoms in total. The second-order valence-electron chi connectivity index (χ2n) is 3.30. The van der Waals surface area contributed by atoms with Crippen LogP contribution in [0.25, 0.3) is 0 Å². The van der Waals surface area contributed by atoms with Crippen molar-refractivity contribution in [2.75, 3.05) is 19.7 Å². The number of rotatable bonds is 2. The molecular formula is C8H17NO2. The van der Waals surface area contributed by atoms with Crippen LogP contribution in [0, 0.1) is 0 Å². The second-order valence-corrected chi connectivity index (χ2v) is 3.30. The minimum atomic E-state index is -0.114. The molecule has 1 saturated heterocycles. The molecule has 2 N–H and O–H groups in total. The maximum atomic E-state index is 9.19. The van der Waals surface area contributed by atoms with Gasteiger partial charge in [0.25, 0.3) is 0 Å². The Morgan fingerprint density at radius 1 is 1.45 bits per heavy atom. The molecule has 0 aromatic rings. The average molecular weight is 159 g/mol. The van der Waals surface area contributed by atoms with Gasteiger partial charge in [0.2, 0.25) is 0 Å². The molecule has 3 heteroatoms. The average Bonchev–Trinajstić information content (AvgIpc) is 2.05. The highest BCUT2D eigenvalue weighted by Gasteiger charge is 2.20. The van der Waals surface area contributed by atoms with Crippen molar-refractivity contribution in [1.29, 1.82) is 0 Å². The molecule has 1 atom stereocenters. The highest BCUT2D eigenvalue weighted by Crippen LogP contribution is 2.12. The van der Waals surface area contributed by atoms with E-state index in [9.17, 15) is 5.11 Å². The van der Waals surface area contributed by atoms with E-state index < -0.39 is 0 Å². The zero-order valence-corrected chi connectivity index (χ0v) is 7.03. The van der Waals surface area contributed by atoms with Crippen LogP contribution >= 0.6 is 0 Å². The maximum Gasteiger partial charge on any atom is 0.0584 e. The summed E-state index contributed by atoms with van der Waals surface area (Å²) in [5.74, 6) is 0. The van der Waals surface area contributed by atoms with Gasteiger partial charge in [0.05, 0.1) is 12.7 Å². The van der Waals surface area contributed by atoms with Crippen LogP contribution in [-0.4, -0.2) is 47.0 Å². The fraction of sp³-hybridized carbons (Fsp3) is 1.00. The molecule has 1 heterocycles. The van der Waals surface area contributed by atoms with Crippen LogP contribution in [0.5, 0.6) is 0 Å². The number of aliphatic hydroxyl groups is 2. The first-order valence-electron chi connectivity index (χ1n) is 4.27. The van der Waals surface area contributed by atoms with E-state index >= 15 is 0 Å². The SMILES string of the molecule is CC(CO)N1CCC(O)CC1. The van der Waals surface area contributed by atoms with Gasteiger partial charge in [0.15, 0.2) is 0 Å². The standard InChI is InChI=1S/C8H17NO2/c1-7(6-10)9-4-2-8(11)3-5-9/h7-8,10-11H,2-6H2,1H3.